The molecule has 11 nitrogen and oxygen atoms in total. The van der Waals surface area contributed by atoms with Crippen molar-refractivity contribution in [1.29, 1.82) is 0 Å². The van der Waals surface area contributed by atoms with Gasteiger partial charge in [0.1, 0.15) is 11.2 Å². The van der Waals surface area contributed by atoms with Crippen molar-refractivity contribution in [2.24, 2.45) is 0 Å². The number of piperidine rings is 1. The van der Waals surface area contributed by atoms with Crippen LogP contribution in [0, 0.1) is 0 Å². The summed E-state index contributed by atoms with van der Waals surface area (Å²) in [5, 5.41) is 3.30. The first-order valence-corrected chi connectivity index (χ1v) is 18.1. The highest BCUT2D eigenvalue weighted by molar-refractivity contribution is 7.90. The number of nitrogens with one attached hydrogen (secondary N) is 1. The van der Waals surface area contributed by atoms with Crippen LogP contribution in [-0.2, 0) is 30.2 Å². The Morgan fingerprint density at radius 2 is 1.71 bits per heavy atom. The van der Waals surface area contributed by atoms with E-state index in [4.69, 9.17) is 14.0 Å². The Bertz CT molecular complexity index is 2050. The van der Waals surface area contributed by atoms with Crippen molar-refractivity contribution in [3.05, 3.63) is 66.5 Å². The van der Waals surface area contributed by atoms with E-state index in [2.05, 4.69) is 15.3 Å². The zero-order valence-corrected chi connectivity index (χ0v) is 30.4. The minimum Gasteiger partial charge on any atom is -0.444 e. The van der Waals surface area contributed by atoms with Crippen LogP contribution in [0.25, 0.3) is 22.2 Å². The van der Waals surface area contributed by atoms with Crippen molar-refractivity contribution in [2.75, 3.05) is 18.4 Å². The Kier molecular flexibility index (Phi) is 9.21. The second kappa shape index (κ2) is 12.8. The number of anilines is 1. The van der Waals surface area contributed by atoms with E-state index in [1.807, 2.05) is 27.7 Å². The molecule has 4 heterocycles. The molecule has 6 rings (SSSR count). The summed E-state index contributed by atoms with van der Waals surface area (Å²) in [7, 11) is -5.16. The van der Waals surface area contributed by atoms with Gasteiger partial charge in [-0.05, 0) is 85.0 Å². The summed E-state index contributed by atoms with van der Waals surface area (Å²) in [5.41, 5.74) is -3.18. The van der Waals surface area contributed by atoms with Crippen LogP contribution in [0.3, 0.4) is 0 Å². The normalized spacial score (nSPS) is 19.4. The highest BCUT2D eigenvalue weighted by atomic mass is 32.2. The van der Waals surface area contributed by atoms with Crippen molar-refractivity contribution in [2.45, 2.75) is 95.2 Å². The number of nitrogens with zero attached hydrogens (tertiary/aromatic N) is 4. The summed E-state index contributed by atoms with van der Waals surface area (Å²) >= 11 is 0. The van der Waals surface area contributed by atoms with Gasteiger partial charge in [-0.2, -0.15) is 13.2 Å². The average Bonchev–Trinajstić information content (AvgIpc) is 3.53. The predicted octanol–water partition coefficient (Wildman–Crippen LogP) is 6.46. The van der Waals surface area contributed by atoms with E-state index in [-0.39, 0.29) is 39.9 Å². The van der Waals surface area contributed by atoms with Crippen molar-refractivity contribution in [1.82, 2.24) is 18.8 Å². The van der Waals surface area contributed by atoms with E-state index in [1.54, 1.807) is 57.2 Å². The van der Waals surface area contributed by atoms with Gasteiger partial charge < -0.3 is 24.3 Å². The molecular formula is C35H41BF3N5O6S. The van der Waals surface area contributed by atoms with Crippen LogP contribution >= 0.6 is 0 Å². The molecule has 2 fully saturated rings. The number of halogens is 3. The van der Waals surface area contributed by atoms with Crippen molar-refractivity contribution >= 4 is 45.5 Å². The standard InChI is InChI=1S/C35H41BF3N5O6S/c1-32(2,3)48-31(45)43-17-11-12-23(20-43)41-30-40-19-27(35(37,38)39)29(42-30)26-21-44(51(46,47)24-13-9-8-10-14-24)28-18-22(15-16-25(26)28)36-49-33(4,5)34(6,7)50-36/h8-10,13-16,18-19,21,23H,11-12,17,20H2,1-7H3,(H,40,41,42). The van der Waals surface area contributed by atoms with Gasteiger partial charge in [-0.15, -0.1) is 0 Å². The lowest BCUT2D eigenvalue weighted by atomic mass is 9.78. The molecule has 16 heteroatoms. The molecule has 1 N–H and O–H groups in total. The fraction of sp³-hybridized carbons (Fsp3) is 0.457. The fourth-order valence-corrected chi connectivity index (χ4v) is 7.45. The average molecular weight is 728 g/mol. The highest BCUT2D eigenvalue weighted by Crippen LogP contribution is 2.41. The Morgan fingerprint density at radius 1 is 1.04 bits per heavy atom. The maximum atomic E-state index is 14.6. The van der Waals surface area contributed by atoms with E-state index in [0.29, 0.717) is 31.0 Å². The summed E-state index contributed by atoms with van der Waals surface area (Å²) in [6.07, 6.45) is -2.28. The molecule has 2 aromatic carbocycles. The maximum Gasteiger partial charge on any atom is 0.494 e. The molecule has 1 unspecified atom stereocenters. The zero-order valence-electron chi connectivity index (χ0n) is 29.5. The molecule has 0 saturated carbocycles. The zero-order chi connectivity index (χ0) is 37.1. The topological polar surface area (TPSA) is 125 Å². The van der Waals surface area contributed by atoms with Gasteiger partial charge in [-0.25, -0.2) is 27.2 Å². The van der Waals surface area contributed by atoms with E-state index < -0.39 is 57.5 Å². The highest BCUT2D eigenvalue weighted by Gasteiger charge is 2.52. The Balaban J connectivity index is 1.45. The van der Waals surface area contributed by atoms with Gasteiger partial charge in [0.05, 0.1) is 27.3 Å². The molecular weight excluding hydrogens is 686 g/mol. The van der Waals surface area contributed by atoms with Crippen LogP contribution in [-0.4, -0.2) is 76.4 Å². The molecule has 1 atom stereocenters. The third-order valence-corrected chi connectivity index (χ3v) is 11.1. The molecule has 2 aliphatic heterocycles. The molecule has 0 spiro atoms. The number of amides is 1. The van der Waals surface area contributed by atoms with E-state index in [9.17, 15) is 26.4 Å². The summed E-state index contributed by atoms with van der Waals surface area (Å²) in [5.74, 6) is -0.102. The molecule has 272 valence electrons. The van der Waals surface area contributed by atoms with Gasteiger partial charge in [0.15, 0.2) is 0 Å². The Morgan fingerprint density at radius 3 is 2.33 bits per heavy atom. The van der Waals surface area contributed by atoms with Gasteiger partial charge in [-0.3, -0.25) is 0 Å². The molecule has 2 aromatic heterocycles. The third kappa shape index (κ3) is 7.31. The second-order valence-corrected chi connectivity index (χ2v) is 16.7. The van der Waals surface area contributed by atoms with Gasteiger partial charge >= 0.3 is 19.4 Å². The van der Waals surface area contributed by atoms with E-state index in [0.717, 1.165) is 10.2 Å². The summed E-state index contributed by atoms with van der Waals surface area (Å²) < 4.78 is 90.9. The number of likely N-dealkylation sites (tertiary alicyclic amines) is 1. The number of ether oxygens (including phenoxy) is 1. The van der Waals surface area contributed by atoms with Crippen LogP contribution < -0.4 is 10.8 Å². The predicted molar refractivity (Wildman–Crippen MR) is 187 cm³/mol. The van der Waals surface area contributed by atoms with E-state index >= 15 is 0 Å². The van der Waals surface area contributed by atoms with Crippen molar-refractivity contribution < 1.29 is 40.4 Å². The monoisotopic (exact) mass is 727 g/mol. The number of rotatable bonds is 6. The van der Waals surface area contributed by atoms with Crippen LogP contribution in [0.5, 0.6) is 0 Å². The first-order valence-electron chi connectivity index (χ1n) is 16.7. The lowest BCUT2D eigenvalue weighted by Crippen LogP contribution is -2.47. The number of hydrogen-bond donors (Lipinski definition) is 1. The van der Waals surface area contributed by atoms with Crippen LogP contribution in [0.15, 0.2) is 65.8 Å². The molecule has 51 heavy (non-hydrogen) atoms. The number of hydrogen-bond acceptors (Lipinski definition) is 9. The quantitative estimate of drug-likeness (QED) is 0.223. The first kappa shape index (κ1) is 36.6. The number of fused-ring (bicyclic) bond motifs is 1. The van der Waals surface area contributed by atoms with Gasteiger partial charge in [0, 0.05) is 42.5 Å². The summed E-state index contributed by atoms with van der Waals surface area (Å²) in [6.45, 7) is 13.5. The lowest BCUT2D eigenvalue weighted by molar-refractivity contribution is -0.137. The third-order valence-electron chi connectivity index (χ3n) is 9.38. The molecule has 0 bridgehead atoms. The van der Waals surface area contributed by atoms with Gasteiger partial charge in [0.25, 0.3) is 10.0 Å². The largest absolute Gasteiger partial charge is 0.494 e. The smallest absolute Gasteiger partial charge is 0.444 e. The molecule has 4 aromatic rings. The van der Waals surface area contributed by atoms with Crippen LogP contribution in [0.4, 0.5) is 23.9 Å². The van der Waals surface area contributed by atoms with Crippen LogP contribution in [0.1, 0.15) is 66.9 Å². The molecule has 0 aliphatic carbocycles. The number of carbonyl (C=O) groups is 1. The minimum atomic E-state index is -4.87. The SMILES string of the molecule is CC(C)(C)OC(=O)N1CCCC(Nc2ncc(C(F)(F)F)c(-c3cn(S(=O)(=O)c4ccccc4)c4cc(B5OC(C)(C)C(C)(C)O5)ccc34)n2)C1. The van der Waals surface area contributed by atoms with Crippen molar-refractivity contribution in [3.8, 4) is 11.3 Å². The second-order valence-electron chi connectivity index (χ2n) is 14.9. The Labute approximate surface area is 295 Å². The molecule has 0 radical (unpaired) electrons. The Hall–Kier alpha value is -4.15. The summed E-state index contributed by atoms with van der Waals surface area (Å²) in [6, 6.07) is 12.0. The molecule has 2 aliphatic rings. The maximum absolute atomic E-state index is 14.6. The number of benzene rings is 2. The molecule has 2 saturated heterocycles. The van der Waals surface area contributed by atoms with E-state index in [1.165, 1.54) is 17.0 Å². The lowest BCUT2D eigenvalue weighted by Gasteiger charge is -2.34. The number of alkyl halides is 3. The van der Waals surface area contributed by atoms with Gasteiger partial charge in [0.2, 0.25) is 5.95 Å². The first-order chi connectivity index (χ1) is 23.7. The summed E-state index contributed by atoms with van der Waals surface area (Å²) in [4.78, 5) is 22.6. The van der Waals surface area contributed by atoms with Gasteiger partial charge in [-0.1, -0.05) is 30.3 Å². The minimum absolute atomic E-state index is 0.0533. The number of carbonyl (C=O) groups excluding carboxylic acids is 1. The van der Waals surface area contributed by atoms with Crippen molar-refractivity contribution in [3.63, 3.8) is 0 Å². The van der Waals surface area contributed by atoms with Crippen LogP contribution in [0.2, 0.25) is 0 Å². The number of aromatic nitrogens is 3. The molecule has 1 amide bonds. The fourth-order valence-electron chi connectivity index (χ4n) is 6.07.